The topological polar surface area (TPSA) is 40.5 Å². The second-order valence-electron chi connectivity index (χ2n) is 4.31. The van der Waals surface area contributed by atoms with Crippen LogP contribution in [0.2, 0.25) is 0 Å². The molecular formula is C10H20O2. The van der Waals surface area contributed by atoms with E-state index in [0.29, 0.717) is 36.9 Å². The highest BCUT2D eigenvalue weighted by molar-refractivity contribution is 4.81. The Labute approximate surface area is 74.6 Å². The molecule has 1 saturated carbocycles. The molecule has 0 radical (unpaired) electrons. The monoisotopic (exact) mass is 172 g/mol. The Morgan fingerprint density at radius 3 is 1.50 bits per heavy atom. The zero-order chi connectivity index (χ0) is 9.14. The summed E-state index contributed by atoms with van der Waals surface area (Å²) in [6, 6.07) is 0. The second-order valence-corrected chi connectivity index (χ2v) is 4.31. The molecular weight excluding hydrogens is 152 g/mol. The van der Waals surface area contributed by atoms with Crippen molar-refractivity contribution in [3.8, 4) is 0 Å². The molecule has 0 aromatic heterocycles. The van der Waals surface area contributed by atoms with Crippen LogP contribution >= 0.6 is 0 Å². The molecule has 0 saturated heterocycles. The number of aliphatic hydroxyl groups excluding tert-OH is 2. The van der Waals surface area contributed by atoms with Crippen LogP contribution in [-0.2, 0) is 0 Å². The van der Waals surface area contributed by atoms with Gasteiger partial charge in [0.25, 0.3) is 0 Å². The molecule has 0 spiro atoms. The molecule has 0 aromatic carbocycles. The highest BCUT2D eigenvalue weighted by atomic mass is 16.3. The van der Waals surface area contributed by atoms with Crippen molar-refractivity contribution in [3.63, 3.8) is 0 Å². The van der Waals surface area contributed by atoms with Crippen LogP contribution in [0.3, 0.4) is 0 Å². The third-order valence-electron chi connectivity index (χ3n) is 3.43. The van der Waals surface area contributed by atoms with Crippen LogP contribution in [-0.4, -0.2) is 23.4 Å². The smallest absolute Gasteiger partial charge is 0.0461 e. The van der Waals surface area contributed by atoms with E-state index < -0.39 is 0 Å². The first-order valence-corrected chi connectivity index (χ1v) is 4.90. The molecule has 0 aliphatic heterocycles. The van der Waals surface area contributed by atoms with Crippen LogP contribution in [0.1, 0.15) is 26.7 Å². The number of hydrogen-bond acceptors (Lipinski definition) is 2. The summed E-state index contributed by atoms with van der Waals surface area (Å²) < 4.78 is 0. The zero-order valence-electron chi connectivity index (χ0n) is 8.03. The zero-order valence-corrected chi connectivity index (χ0v) is 8.03. The summed E-state index contributed by atoms with van der Waals surface area (Å²) in [5, 5.41) is 18.2. The summed E-state index contributed by atoms with van der Waals surface area (Å²) in [6.45, 7) is 4.97. The van der Waals surface area contributed by atoms with Crippen molar-refractivity contribution in [3.05, 3.63) is 0 Å². The van der Waals surface area contributed by atoms with Gasteiger partial charge < -0.3 is 10.2 Å². The van der Waals surface area contributed by atoms with Gasteiger partial charge in [0.15, 0.2) is 0 Å². The minimum Gasteiger partial charge on any atom is -0.396 e. The highest BCUT2D eigenvalue weighted by Crippen LogP contribution is 2.36. The Balaban J connectivity index is 2.49. The molecule has 2 N–H and O–H groups in total. The largest absolute Gasteiger partial charge is 0.396 e. The van der Waals surface area contributed by atoms with Gasteiger partial charge in [-0.3, -0.25) is 0 Å². The van der Waals surface area contributed by atoms with Gasteiger partial charge in [0.05, 0.1) is 0 Å². The lowest BCUT2D eigenvalue weighted by atomic mass is 9.70. The fraction of sp³-hybridized carbons (Fsp3) is 1.00. The summed E-state index contributed by atoms with van der Waals surface area (Å²) in [7, 11) is 0. The van der Waals surface area contributed by atoms with Crippen LogP contribution < -0.4 is 0 Å². The maximum atomic E-state index is 9.08. The lowest BCUT2D eigenvalue weighted by Crippen LogP contribution is -2.32. The van der Waals surface area contributed by atoms with E-state index in [-0.39, 0.29) is 0 Å². The average molecular weight is 172 g/mol. The number of aliphatic hydroxyl groups is 2. The third kappa shape index (κ3) is 1.99. The number of rotatable bonds is 2. The second kappa shape index (κ2) is 4.24. The maximum absolute atomic E-state index is 9.08. The molecule has 2 heteroatoms. The van der Waals surface area contributed by atoms with Gasteiger partial charge in [0, 0.05) is 13.2 Å². The average Bonchev–Trinajstić information content (AvgIpc) is 2.08. The predicted molar refractivity (Wildman–Crippen MR) is 48.7 cm³/mol. The summed E-state index contributed by atoms with van der Waals surface area (Å²) >= 11 is 0. The van der Waals surface area contributed by atoms with Crippen molar-refractivity contribution >= 4 is 0 Å². The van der Waals surface area contributed by atoms with Crippen LogP contribution in [0.25, 0.3) is 0 Å². The first kappa shape index (κ1) is 10.0. The fourth-order valence-corrected chi connectivity index (χ4v) is 2.31. The molecule has 1 aliphatic rings. The molecule has 0 aromatic rings. The Morgan fingerprint density at radius 1 is 0.917 bits per heavy atom. The Morgan fingerprint density at radius 2 is 1.25 bits per heavy atom. The Kier molecular flexibility index (Phi) is 3.53. The highest BCUT2D eigenvalue weighted by Gasteiger charge is 2.31. The van der Waals surface area contributed by atoms with Crippen LogP contribution in [0, 0.1) is 23.7 Å². The molecule has 0 amide bonds. The van der Waals surface area contributed by atoms with Gasteiger partial charge in [-0.25, -0.2) is 0 Å². The van der Waals surface area contributed by atoms with Crippen molar-refractivity contribution in [2.24, 2.45) is 23.7 Å². The first-order valence-electron chi connectivity index (χ1n) is 4.90. The summed E-state index contributed by atoms with van der Waals surface area (Å²) in [6.07, 6.45) is 2.14. The Hall–Kier alpha value is -0.0800. The van der Waals surface area contributed by atoms with Gasteiger partial charge >= 0.3 is 0 Å². The van der Waals surface area contributed by atoms with Crippen molar-refractivity contribution in [1.29, 1.82) is 0 Å². The first-order chi connectivity index (χ1) is 5.69. The van der Waals surface area contributed by atoms with E-state index >= 15 is 0 Å². The van der Waals surface area contributed by atoms with Gasteiger partial charge in [-0.15, -0.1) is 0 Å². The minimum atomic E-state index is 0.309. The molecule has 1 rings (SSSR count). The van der Waals surface area contributed by atoms with E-state index in [1.165, 1.54) is 0 Å². The summed E-state index contributed by atoms with van der Waals surface area (Å²) in [5.74, 6) is 2.07. The van der Waals surface area contributed by atoms with Gasteiger partial charge in [-0.2, -0.15) is 0 Å². The van der Waals surface area contributed by atoms with Crippen LogP contribution in [0.15, 0.2) is 0 Å². The molecule has 1 fully saturated rings. The summed E-state index contributed by atoms with van der Waals surface area (Å²) in [4.78, 5) is 0. The minimum absolute atomic E-state index is 0.309. The number of hydrogen-bond donors (Lipinski definition) is 2. The molecule has 4 unspecified atom stereocenters. The molecule has 2 nitrogen and oxygen atoms in total. The predicted octanol–water partition coefficient (Wildman–Crippen LogP) is 1.27. The summed E-state index contributed by atoms with van der Waals surface area (Å²) in [5.41, 5.74) is 0. The van der Waals surface area contributed by atoms with E-state index in [0.717, 1.165) is 12.8 Å². The van der Waals surface area contributed by atoms with Gasteiger partial charge in [0.2, 0.25) is 0 Å². The van der Waals surface area contributed by atoms with Gasteiger partial charge in [-0.1, -0.05) is 13.8 Å². The van der Waals surface area contributed by atoms with Crippen molar-refractivity contribution in [1.82, 2.24) is 0 Å². The van der Waals surface area contributed by atoms with E-state index in [9.17, 15) is 0 Å². The molecule has 12 heavy (non-hydrogen) atoms. The van der Waals surface area contributed by atoms with E-state index in [2.05, 4.69) is 13.8 Å². The standard InChI is InChI=1S/C10H20O2/c1-7-3-10(6-12)8(2)4-9(7)5-11/h7-12H,3-6H2,1-2H3. The van der Waals surface area contributed by atoms with E-state index in [1.807, 2.05) is 0 Å². The van der Waals surface area contributed by atoms with Crippen molar-refractivity contribution in [2.45, 2.75) is 26.7 Å². The quantitative estimate of drug-likeness (QED) is 0.658. The molecule has 4 atom stereocenters. The van der Waals surface area contributed by atoms with E-state index in [1.54, 1.807) is 0 Å². The third-order valence-corrected chi connectivity index (χ3v) is 3.43. The van der Waals surface area contributed by atoms with Crippen molar-refractivity contribution in [2.75, 3.05) is 13.2 Å². The molecule has 1 aliphatic carbocycles. The maximum Gasteiger partial charge on any atom is 0.0461 e. The SMILES string of the molecule is CC1CC(CO)C(C)CC1CO. The van der Waals surface area contributed by atoms with E-state index in [4.69, 9.17) is 10.2 Å². The molecule has 0 heterocycles. The molecule has 0 bridgehead atoms. The van der Waals surface area contributed by atoms with Gasteiger partial charge in [0.1, 0.15) is 0 Å². The van der Waals surface area contributed by atoms with Gasteiger partial charge in [-0.05, 0) is 36.5 Å². The van der Waals surface area contributed by atoms with Crippen LogP contribution in [0.4, 0.5) is 0 Å². The Bertz CT molecular complexity index is 120. The lowest BCUT2D eigenvalue weighted by molar-refractivity contribution is 0.0517. The fourth-order valence-electron chi connectivity index (χ4n) is 2.31. The van der Waals surface area contributed by atoms with Crippen molar-refractivity contribution < 1.29 is 10.2 Å². The normalized spacial score (nSPS) is 43.0. The lowest BCUT2D eigenvalue weighted by Gasteiger charge is -2.37. The van der Waals surface area contributed by atoms with Crippen LogP contribution in [0.5, 0.6) is 0 Å². The molecule has 72 valence electrons.